The summed E-state index contributed by atoms with van der Waals surface area (Å²) >= 11 is 0. The molecule has 0 bridgehead atoms. The molecule has 5 heteroatoms. The number of unbranched alkanes of at least 4 members (excludes halogenated alkanes) is 1. The van der Waals surface area contributed by atoms with Crippen LogP contribution in [0.3, 0.4) is 0 Å². The molecule has 0 aromatic heterocycles. The monoisotopic (exact) mass is 284 g/mol. The summed E-state index contributed by atoms with van der Waals surface area (Å²) in [6.07, 6.45) is 2.52. The lowest BCUT2D eigenvalue weighted by atomic mass is 10.1. The molecule has 0 heterocycles. The molecule has 0 spiro atoms. The van der Waals surface area contributed by atoms with Crippen molar-refractivity contribution in [3.63, 3.8) is 0 Å². The molecule has 0 radical (unpaired) electrons. The van der Waals surface area contributed by atoms with Crippen LogP contribution in [0.15, 0.2) is 18.2 Å². The summed E-state index contributed by atoms with van der Waals surface area (Å²) in [6, 6.07) is 3.13. The number of nitrogens with two attached hydrogens (primary N) is 1. The van der Waals surface area contributed by atoms with Crippen LogP contribution in [0.1, 0.15) is 38.7 Å². The van der Waals surface area contributed by atoms with Crippen LogP contribution in [0.2, 0.25) is 0 Å². The fourth-order valence-corrected chi connectivity index (χ4v) is 1.99. The average Bonchev–Trinajstić information content (AvgIpc) is 2.45. The number of rotatable bonds is 7. The summed E-state index contributed by atoms with van der Waals surface area (Å²) in [5.74, 6) is -1.94. The van der Waals surface area contributed by atoms with Crippen LogP contribution in [0.5, 0.6) is 0 Å². The molecule has 1 aromatic carbocycles. The van der Waals surface area contributed by atoms with Crippen LogP contribution in [-0.4, -0.2) is 23.4 Å². The molecule has 0 aliphatic rings. The molecule has 1 rings (SSSR count). The normalized spacial score (nSPS) is 12.2. The summed E-state index contributed by atoms with van der Waals surface area (Å²) in [7, 11) is 0. The molecule has 2 N–H and O–H groups in total. The van der Waals surface area contributed by atoms with Crippen molar-refractivity contribution >= 4 is 5.91 Å². The molecular weight excluding hydrogens is 262 g/mol. The van der Waals surface area contributed by atoms with Crippen molar-refractivity contribution in [1.29, 1.82) is 0 Å². The van der Waals surface area contributed by atoms with Gasteiger partial charge in [0, 0.05) is 13.1 Å². The largest absolute Gasteiger partial charge is 0.337 e. The third-order valence-corrected chi connectivity index (χ3v) is 3.24. The number of nitrogens with zero attached hydrogens (tertiary/aromatic N) is 1. The number of amides is 1. The minimum Gasteiger partial charge on any atom is -0.337 e. The van der Waals surface area contributed by atoms with E-state index in [1.54, 1.807) is 4.90 Å². The molecule has 0 unspecified atom stereocenters. The van der Waals surface area contributed by atoms with Crippen LogP contribution in [0.25, 0.3) is 0 Å². The first kappa shape index (κ1) is 16.6. The highest BCUT2D eigenvalue weighted by Gasteiger charge is 2.19. The number of hydrogen-bond acceptors (Lipinski definition) is 2. The maximum Gasteiger partial charge on any atom is 0.239 e. The van der Waals surface area contributed by atoms with E-state index in [1.807, 2.05) is 13.8 Å². The maximum atomic E-state index is 13.2. The molecule has 1 atom stereocenters. The van der Waals surface area contributed by atoms with Gasteiger partial charge in [-0.05, 0) is 31.0 Å². The second kappa shape index (κ2) is 7.94. The van der Waals surface area contributed by atoms with Gasteiger partial charge in [0.1, 0.15) is 0 Å². The van der Waals surface area contributed by atoms with Gasteiger partial charge in [-0.2, -0.15) is 0 Å². The van der Waals surface area contributed by atoms with E-state index in [2.05, 4.69) is 0 Å². The Kier molecular flexibility index (Phi) is 6.58. The molecule has 0 aliphatic heterocycles. The van der Waals surface area contributed by atoms with E-state index < -0.39 is 17.7 Å². The van der Waals surface area contributed by atoms with Crippen molar-refractivity contribution in [2.75, 3.05) is 6.54 Å². The SMILES string of the molecule is CCCC[C@H](N)C(=O)N(CC)Cc1ccc(F)c(F)c1. The molecular formula is C15H22F2N2O. The van der Waals surface area contributed by atoms with E-state index in [0.29, 0.717) is 18.5 Å². The number of carbonyl (C=O) groups is 1. The van der Waals surface area contributed by atoms with Crippen LogP contribution >= 0.6 is 0 Å². The van der Waals surface area contributed by atoms with Gasteiger partial charge in [0.25, 0.3) is 0 Å². The first-order valence-corrected chi connectivity index (χ1v) is 6.97. The van der Waals surface area contributed by atoms with Crippen LogP contribution in [0.4, 0.5) is 8.78 Å². The molecule has 0 saturated heterocycles. The summed E-state index contributed by atoms with van der Waals surface area (Å²) in [6.45, 7) is 4.60. The predicted octanol–water partition coefficient (Wildman–Crippen LogP) is 2.83. The zero-order valence-corrected chi connectivity index (χ0v) is 12.0. The molecule has 1 amide bonds. The van der Waals surface area contributed by atoms with Gasteiger partial charge in [-0.3, -0.25) is 4.79 Å². The third-order valence-electron chi connectivity index (χ3n) is 3.24. The van der Waals surface area contributed by atoms with E-state index >= 15 is 0 Å². The van der Waals surface area contributed by atoms with Gasteiger partial charge in [-0.25, -0.2) is 8.78 Å². The minimum atomic E-state index is -0.902. The van der Waals surface area contributed by atoms with E-state index in [4.69, 9.17) is 5.73 Å². The van der Waals surface area contributed by atoms with Crippen molar-refractivity contribution in [2.24, 2.45) is 5.73 Å². The lowest BCUT2D eigenvalue weighted by molar-refractivity contribution is -0.133. The molecule has 0 saturated carbocycles. The van der Waals surface area contributed by atoms with E-state index in [0.717, 1.165) is 25.0 Å². The minimum absolute atomic E-state index is 0.148. The standard InChI is InChI=1S/C15H22F2N2O/c1-3-5-6-14(18)15(20)19(4-2)10-11-7-8-12(16)13(17)9-11/h7-9,14H,3-6,10,18H2,1-2H3/t14-/m0/s1. The second-order valence-corrected chi connectivity index (χ2v) is 4.85. The van der Waals surface area contributed by atoms with Crippen molar-refractivity contribution in [3.05, 3.63) is 35.4 Å². The highest BCUT2D eigenvalue weighted by Crippen LogP contribution is 2.12. The van der Waals surface area contributed by atoms with E-state index in [-0.39, 0.29) is 12.5 Å². The number of likely N-dealkylation sites (N-methyl/N-ethyl adjacent to an activating group) is 1. The Morgan fingerprint density at radius 2 is 2.00 bits per heavy atom. The highest BCUT2D eigenvalue weighted by molar-refractivity contribution is 5.81. The van der Waals surface area contributed by atoms with Gasteiger partial charge in [-0.15, -0.1) is 0 Å². The Morgan fingerprint density at radius 1 is 1.30 bits per heavy atom. The van der Waals surface area contributed by atoms with Gasteiger partial charge >= 0.3 is 0 Å². The molecule has 0 aliphatic carbocycles. The zero-order chi connectivity index (χ0) is 15.1. The van der Waals surface area contributed by atoms with Crippen LogP contribution in [0, 0.1) is 11.6 Å². The number of halogens is 2. The summed E-state index contributed by atoms with van der Waals surface area (Å²) in [5.41, 5.74) is 6.42. The van der Waals surface area contributed by atoms with Crippen molar-refractivity contribution in [2.45, 2.75) is 45.7 Å². The third kappa shape index (κ3) is 4.56. The topological polar surface area (TPSA) is 46.3 Å². The Balaban J connectivity index is 2.70. The molecule has 112 valence electrons. The summed E-state index contributed by atoms with van der Waals surface area (Å²) < 4.78 is 26.0. The van der Waals surface area contributed by atoms with Crippen molar-refractivity contribution < 1.29 is 13.6 Å². The lowest BCUT2D eigenvalue weighted by Gasteiger charge is -2.24. The average molecular weight is 284 g/mol. The summed E-state index contributed by atoms with van der Waals surface area (Å²) in [4.78, 5) is 13.7. The van der Waals surface area contributed by atoms with Gasteiger partial charge in [0.2, 0.25) is 5.91 Å². The van der Waals surface area contributed by atoms with Crippen LogP contribution in [-0.2, 0) is 11.3 Å². The van der Waals surface area contributed by atoms with Crippen molar-refractivity contribution in [1.82, 2.24) is 4.90 Å². The highest BCUT2D eigenvalue weighted by atomic mass is 19.2. The number of carbonyl (C=O) groups excluding carboxylic acids is 1. The molecule has 3 nitrogen and oxygen atoms in total. The Morgan fingerprint density at radius 3 is 2.55 bits per heavy atom. The smallest absolute Gasteiger partial charge is 0.239 e. The Labute approximate surface area is 118 Å². The Bertz CT molecular complexity index is 451. The van der Waals surface area contributed by atoms with Gasteiger partial charge in [0.15, 0.2) is 11.6 Å². The molecule has 0 fully saturated rings. The molecule has 1 aromatic rings. The fourth-order valence-electron chi connectivity index (χ4n) is 1.99. The number of benzene rings is 1. The first-order valence-electron chi connectivity index (χ1n) is 6.97. The van der Waals surface area contributed by atoms with Gasteiger partial charge in [0.05, 0.1) is 6.04 Å². The van der Waals surface area contributed by atoms with E-state index in [9.17, 15) is 13.6 Å². The fraction of sp³-hybridized carbons (Fsp3) is 0.533. The predicted molar refractivity (Wildman–Crippen MR) is 74.9 cm³/mol. The second-order valence-electron chi connectivity index (χ2n) is 4.85. The van der Waals surface area contributed by atoms with Gasteiger partial charge in [-0.1, -0.05) is 25.8 Å². The summed E-state index contributed by atoms with van der Waals surface area (Å²) in [5, 5.41) is 0. The quantitative estimate of drug-likeness (QED) is 0.837. The maximum absolute atomic E-state index is 13.2. The lowest BCUT2D eigenvalue weighted by Crippen LogP contribution is -2.43. The van der Waals surface area contributed by atoms with Crippen molar-refractivity contribution in [3.8, 4) is 0 Å². The van der Waals surface area contributed by atoms with Gasteiger partial charge < -0.3 is 10.6 Å². The Hall–Kier alpha value is -1.49. The van der Waals surface area contributed by atoms with Crippen LogP contribution < -0.4 is 5.73 Å². The number of hydrogen-bond donors (Lipinski definition) is 1. The molecule has 20 heavy (non-hydrogen) atoms. The first-order chi connectivity index (χ1) is 9.49. The van der Waals surface area contributed by atoms with E-state index in [1.165, 1.54) is 6.07 Å². The zero-order valence-electron chi connectivity index (χ0n) is 12.0.